The molecule has 0 bridgehead atoms. The third-order valence-corrected chi connectivity index (χ3v) is 3.56. The van der Waals surface area contributed by atoms with Gasteiger partial charge in [-0.25, -0.2) is 0 Å². The fourth-order valence-electron chi connectivity index (χ4n) is 2.01. The van der Waals surface area contributed by atoms with Gasteiger partial charge < -0.3 is 19.0 Å². The van der Waals surface area contributed by atoms with E-state index in [4.69, 9.17) is 23.2 Å². The molecule has 0 amide bonds. The molecule has 0 unspecified atom stereocenters. The van der Waals surface area contributed by atoms with E-state index in [1.807, 2.05) is 20.8 Å². The van der Waals surface area contributed by atoms with Crippen LogP contribution in [0.2, 0.25) is 0 Å². The van der Waals surface area contributed by atoms with Gasteiger partial charge in [-0.05, 0) is 19.3 Å². The summed E-state index contributed by atoms with van der Waals surface area (Å²) >= 11 is 0. The summed E-state index contributed by atoms with van der Waals surface area (Å²) in [7, 11) is -2.28. The first-order valence-corrected chi connectivity index (χ1v) is 10.5. The lowest BCUT2D eigenvalue weighted by atomic mass is 10.1. The van der Waals surface area contributed by atoms with Gasteiger partial charge in [0.25, 0.3) is 10.1 Å². The summed E-state index contributed by atoms with van der Waals surface area (Å²) in [5, 5.41) is 3.75. The summed E-state index contributed by atoms with van der Waals surface area (Å²) in [6.07, 6.45) is 2.66. The normalized spacial score (nSPS) is 16.0. The molecule has 0 aliphatic heterocycles. The van der Waals surface area contributed by atoms with E-state index in [1.54, 1.807) is 0 Å². The third kappa shape index (κ3) is 12.3. The summed E-state index contributed by atoms with van der Waals surface area (Å²) in [5.74, 6) is 0. The highest BCUT2D eigenvalue weighted by atomic mass is 32.2. The van der Waals surface area contributed by atoms with Crippen molar-refractivity contribution in [1.82, 2.24) is 0 Å². The second-order valence-electron chi connectivity index (χ2n) is 5.52. The van der Waals surface area contributed by atoms with Gasteiger partial charge in [-0.3, -0.25) is 4.18 Å². The van der Waals surface area contributed by atoms with Gasteiger partial charge >= 0.3 is 0 Å². The zero-order valence-electron chi connectivity index (χ0n) is 16.0. The molecule has 0 aromatic carbocycles. The number of hydrogen-bond donors (Lipinski definition) is 0. The SMILES string of the molecule is CCCOC[C@@H](OS(C)(=O)=O)[C@H](OCCC)[C@H](/C=N/OC)OCCC. The van der Waals surface area contributed by atoms with Crippen LogP contribution in [0.4, 0.5) is 0 Å². The molecule has 9 heteroatoms. The van der Waals surface area contributed by atoms with Crippen molar-refractivity contribution < 1.29 is 31.6 Å². The van der Waals surface area contributed by atoms with Crippen molar-refractivity contribution in [3.05, 3.63) is 0 Å². The summed E-state index contributed by atoms with van der Waals surface area (Å²) in [6.45, 7) is 7.36. The Morgan fingerprint density at radius 3 is 2.12 bits per heavy atom. The smallest absolute Gasteiger partial charge is 0.264 e. The lowest BCUT2D eigenvalue weighted by Crippen LogP contribution is -2.47. The largest absolute Gasteiger partial charge is 0.399 e. The highest BCUT2D eigenvalue weighted by molar-refractivity contribution is 7.86. The van der Waals surface area contributed by atoms with E-state index in [1.165, 1.54) is 13.3 Å². The first-order chi connectivity index (χ1) is 11.9. The summed E-state index contributed by atoms with van der Waals surface area (Å²) in [4.78, 5) is 4.73. The minimum atomic E-state index is -3.70. The van der Waals surface area contributed by atoms with E-state index in [9.17, 15) is 8.42 Å². The van der Waals surface area contributed by atoms with Gasteiger partial charge in [0, 0.05) is 19.8 Å². The van der Waals surface area contributed by atoms with Crippen LogP contribution in [0.5, 0.6) is 0 Å². The first-order valence-electron chi connectivity index (χ1n) is 8.65. The maximum absolute atomic E-state index is 11.7. The molecule has 0 fully saturated rings. The van der Waals surface area contributed by atoms with Crippen LogP contribution in [0.1, 0.15) is 40.0 Å². The molecule has 150 valence electrons. The van der Waals surface area contributed by atoms with E-state index in [0.717, 1.165) is 25.5 Å². The second kappa shape index (κ2) is 14.4. The lowest BCUT2D eigenvalue weighted by molar-refractivity contribution is -0.107. The molecule has 0 aliphatic carbocycles. The number of rotatable bonds is 16. The summed E-state index contributed by atoms with van der Waals surface area (Å²) in [5.41, 5.74) is 0. The molecule has 0 saturated carbocycles. The Hall–Kier alpha value is -0.740. The predicted octanol–water partition coefficient (Wildman–Crippen LogP) is 1.98. The fraction of sp³-hybridized carbons (Fsp3) is 0.938. The standard InChI is InChI=1S/C16H33NO7S/c1-6-9-21-13-15(24-25(5,18)19)16(23-11-8-3)14(12-17-20-4)22-10-7-2/h12,14-16H,6-11,13H2,1-5H3/b17-12+/t14-,15+,16+/m0/s1. The molecular formula is C16H33NO7S. The molecule has 3 atom stereocenters. The zero-order valence-corrected chi connectivity index (χ0v) is 16.8. The fourth-order valence-corrected chi connectivity index (χ4v) is 2.62. The Bertz CT molecular complexity index is 442. The molecule has 0 radical (unpaired) electrons. The van der Waals surface area contributed by atoms with Crippen LogP contribution >= 0.6 is 0 Å². The Morgan fingerprint density at radius 1 is 1.00 bits per heavy atom. The molecule has 0 N–H and O–H groups in total. The van der Waals surface area contributed by atoms with Crippen LogP contribution in [0, 0.1) is 0 Å². The van der Waals surface area contributed by atoms with Crippen molar-refractivity contribution >= 4 is 16.3 Å². The maximum atomic E-state index is 11.7. The van der Waals surface area contributed by atoms with Crippen molar-refractivity contribution in [2.45, 2.75) is 58.3 Å². The van der Waals surface area contributed by atoms with Crippen molar-refractivity contribution in [2.75, 3.05) is 39.8 Å². The van der Waals surface area contributed by atoms with Gasteiger partial charge in [-0.1, -0.05) is 25.9 Å². The Morgan fingerprint density at radius 2 is 1.60 bits per heavy atom. The van der Waals surface area contributed by atoms with Crippen LogP contribution in [0.25, 0.3) is 0 Å². The molecular weight excluding hydrogens is 350 g/mol. The van der Waals surface area contributed by atoms with Crippen LogP contribution in [0.15, 0.2) is 5.16 Å². The minimum Gasteiger partial charge on any atom is -0.399 e. The number of oxime groups is 1. The lowest BCUT2D eigenvalue weighted by Gasteiger charge is -2.30. The van der Waals surface area contributed by atoms with Crippen LogP contribution in [0.3, 0.4) is 0 Å². The molecule has 0 rings (SSSR count). The van der Waals surface area contributed by atoms with Crippen LogP contribution in [-0.4, -0.2) is 72.7 Å². The molecule has 25 heavy (non-hydrogen) atoms. The number of hydrogen-bond acceptors (Lipinski definition) is 8. The summed E-state index contributed by atoms with van der Waals surface area (Å²) in [6, 6.07) is 0. The topological polar surface area (TPSA) is 92.7 Å². The van der Waals surface area contributed by atoms with Crippen molar-refractivity contribution in [2.24, 2.45) is 5.16 Å². The van der Waals surface area contributed by atoms with Gasteiger partial charge in [0.1, 0.15) is 25.4 Å². The number of ether oxygens (including phenoxy) is 3. The van der Waals surface area contributed by atoms with Crippen molar-refractivity contribution in [3.63, 3.8) is 0 Å². The second-order valence-corrected chi connectivity index (χ2v) is 7.12. The zero-order chi connectivity index (χ0) is 19.1. The first kappa shape index (κ1) is 24.3. The van der Waals surface area contributed by atoms with Crippen LogP contribution in [-0.2, 0) is 33.3 Å². The average Bonchev–Trinajstić information content (AvgIpc) is 2.55. The van der Waals surface area contributed by atoms with Gasteiger partial charge in [-0.2, -0.15) is 8.42 Å². The van der Waals surface area contributed by atoms with Crippen molar-refractivity contribution in [1.29, 1.82) is 0 Å². The Balaban J connectivity index is 5.42. The summed E-state index contributed by atoms with van der Waals surface area (Å²) < 4.78 is 45.7. The molecule has 0 heterocycles. The maximum Gasteiger partial charge on any atom is 0.264 e. The monoisotopic (exact) mass is 383 g/mol. The van der Waals surface area contributed by atoms with Gasteiger partial charge in [0.2, 0.25) is 0 Å². The molecule has 0 spiro atoms. The molecule has 0 aliphatic rings. The average molecular weight is 384 g/mol. The van der Waals surface area contributed by atoms with Gasteiger partial charge in [-0.15, -0.1) is 0 Å². The van der Waals surface area contributed by atoms with E-state index in [-0.39, 0.29) is 6.61 Å². The van der Waals surface area contributed by atoms with Gasteiger partial charge in [0.05, 0.1) is 19.1 Å². The van der Waals surface area contributed by atoms with Crippen molar-refractivity contribution in [3.8, 4) is 0 Å². The Kier molecular flexibility index (Phi) is 14.0. The molecule has 0 aromatic rings. The van der Waals surface area contributed by atoms with E-state index in [0.29, 0.717) is 19.8 Å². The molecule has 0 aromatic heterocycles. The number of nitrogens with zero attached hydrogens (tertiary/aromatic N) is 1. The van der Waals surface area contributed by atoms with E-state index >= 15 is 0 Å². The predicted molar refractivity (Wildman–Crippen MR) is 96.4 cm³/mol. The highest BCUT2D eigenvalue weighted by Crippen LogP contribution is 2.16. The minimum absolute atomic E-state index is 0.0715. The van der Waals surface area contributed by atoms with Gasteiger partial charge in [0.15, 0.2) is 0 Å². The van der Waals surface area contributed by atoms with E-state index < -0.39 is 28.4 Å². The molecule has 0 saturated heterocycles. The quantitative estimate of drug-likeness (QED) is 0.174. The molecule has 8 nitrogen and oxygen atoms in total. The van der Waals surface area contributed by atoms with Crippen LogP contribution < -0.4 is 0 Å². The van der Waals surface area contributed by atoms with E-state index in [2.05, 4.69) is 5.16 Å². The third-order valence-electron chi connectivity index (χ3n) is 2.96. The highest BCUT2D eigenvalue weighted by Gasteiger charge is 2.34. The Labute approximate surface area is 151 Å².